The van der Waals surface area contributed by atoms with Crippen LogP contribution in [0, 0.1) is 0 Å². The molecular weight excluding hydrogens is 649 g/mol. The monoisotopic (exact) mass is 688 g/mol. The van der Waals surface area contributed by atoms with Crippen molar-refractivity contribution in [1.29, 1.82) is 0 Å². The van der Waals surface area contributed by atoms with Crippen molar-refractivity contribution in [2.45, 2.75) is 38.5 Å². The number of benzene rings is 9. The van der Waals surface area contributed by atoms with E-state index in [1.54, 1.807) is 0 Å². The second-order valence-electron chi connectivity index (χ2n) is 16.4. The molecule has 0 fully saturated rings. The Morgan fingerprint density at radius 3 is 1.54 bits per heavy atom. The average Bonchev–Trinajstić information content (AvgIpc) is 3.58. The molecule has 0 radical (unpaired) electrons. The molecule has 2 aliphatic carbocycles. The summed E-state index contributed by atoms with van der Waals surface area (Å²) in [4.78, 5) is 0. The Kier molecular flexibility index (Phi) is 6.46. The van der Waals surface area contributed by atoms with Crippen molar-refractivity contribution in [3.05, 3.63) is 192 Å². The van der Waals surface area contributed by atoms with Gasteiger partial charge in [-0.05, 0) is 128 Å². The van der Waals surface area contributed by atoms with Crippen molar-refractivity contribution < 1.29 is 0 Å². The predicted molar refractivity (Wildman–Crippen MR) is 230 cm³/mol. The van der Waals surface area contributed by atoms with Crippen molar-refractivity contribution in [1.82, 2.24) is 0 Å². The van der Waals surface area contributed by atoms with Gasteiger partial charge in [-0.1, -0.05) is 179 Å². The van der Waals surface area contributed by atoms with Crippen LogP contribution in [0.5, 0.6) is 0 Å². The maximum absolute atomic E-state index is 2.55. The van der Waals surface area contributed by atoms with Gasteiger partial charge in [-0.3, -0.25) is 0 Å². The molecule has 9 aromatic rings. The average molecular weight is 689 g/mol. The van der Waals surface area contributed by atoms with Gasteiger partial charge in [-0.15, -0.1) is 0 Å². The zero-order chi connectivity index (χ0) is 36.3. The SMILES string of the molecule is CC1(C)c2ccccc2-c2c1cc1c(c2-c2c3ccccc3c(-c3cccc(-c4ccc5ccccc5c4)c3)c3ccccc23)C(C)(C)c2ccccc2-1. The summed E-state index contributed by atoms with van der Waals surface area (Å²) in [5.41, 5.74) is 18.6. The Hall–Kier alpha value is -6.24. The van der Waals surface area contributed by atoms with Gasteiger partial charge in [-0.25, -0.2) is 0 Å². The van der Waals surface area contributed by atoms with E-state index in [9.17, 15) is 0 Å². The van der Waals surface area contributed by atoms with Gasteiger partial charge in [0.1, 0.15) is 0 Å². The second-order valence-corrected chi connectivity index (χ2v) is 16.4. The van der Waals surface area contributed by atoms with E-state index in [4.69, 9.17) is 0 Å². The predicted octanol–water partition coefficient (Wildman–Crippen LogP) is 14.8. The van der Waals surface area contributed by atoms with Gasteiger partial charge in [0.25, 0.3) is 0 Å². The Balaban J connectivity index is 1.26. The van der Waals surface area contributed by atoms with E-state index >= 15 is 0 Å². The molecule has 0 atom stereocenters. The molecular formula is C54H40. The lowest BCUT2D eigenvalue weighted by Crippen LogP contribution is -2.18. The highest BCUT2D eigenvalue weighted by Gasteiger charge is 2.45. The van der Waals surface area contributed by atoms with Crippen molar-refractivity contribution in [2.75, 3.05) is 0 Å². The number of hydrogen-bond acceptors (Lipinski definition) is 0. The van der Waals surface area contributed by atoms with Gasteiger partial charge in [0, 0.05) is 10.8 Å². The highest BCUT2D eigenvalue weighted by molar-refractivity contribution is 6.24. The lowest BCUT2D eigenvalue weighted by molar-refractivity contribution is 0.653. The van der Waals surface area contributed by atoms with Crippen molar-refractivity contribution in [2.24, 2.45) is 0 Å². The summed E-state index contributed by atoms with van der Waals surface area (Å²) in [5, 5.41) is 7.69. The summed E-state index contributed by atoms with van der Waals surface area (Å²) < 4.78 is 0. The van der Waals surface area contributed by atoms with Gasteiger partial charge in [0.2, 0.25) is 0 Å². The molecule has 2 aliphatic rings. The third-order valence-corrected chi connectivity index (χ3v) is 12.8. The first kappa shape index (κ1) is 31.3. The molecule has 9 aromatic carbocycles. The van der Waals surface area contributed by atoms with Crippen LogP contribution in [-0.2, 0) is 10.8 Å². The summed E-state index contributed by atoms with van der Waals surface area (Å²) >= 11 is 0. The smallest absolute Gasteiger partial charge is 0.0165 e. The van der Waals surface area contributed by atoms with E-state index in [1.807, 2.05) is 0 Å². The molecule has 0 aliphatic heterocycles. The van der Waals surface area contributed by atoms with Gasteiger partial charge in [-0.2, -0.15) is 0 Å². The first-order chi connectivity index (χ1) is 26.3. The minimum atomic E-state index is -0.187. The Morgan fingerprint density at radius 2 is 0.833 bits per heavy atom. The van der Waals surface area contributed by atoms with Crippen LogP contribution < -0.4 is 0 Å². The van der Waals surface area contributed by atoms with E-state index in [-0.39, 0.29) is 10.8 Å². The number of rotatable bonds is 3. The Bertz CT molecular complexity index is 2990. The van der Waals surface area contributed by atoms with E-state index < -0.39 is 0 Å². The third kappa shape index (κ3) is 4.20. The first-order valence-electron chi connectivity index (χ1n) is 19.3. The maximum atomic E-state index is 2.55. The lowest BCUT2D eigenvalue weighted by Gasteiger charge is -2.29. The van der Waals surface area contributed by atoms with Crippen molar-refractivity contribution in [3.8, 4) is 55.6 Å². The molecule has 11 rings (SSSR count). The van der Waals surface area contributed by atoms with Crippen LogP contribution in [0.15, 0.2) is 170 Å². The molecule has 0 N–H and O–H groups in total. The van der Waals surface area contributed by atoms with Crippen LogP contribution >= 0.6 is 0 Å². The van der Waals surface area contributed by atoms with E-state index in [0.29, 0.717) is 0 Å². The van der Waals surface area contributed by atoms with Crippen LogP contribution in [0.2, 0.25) is 0 Å². The molecule has 0 saturated heterocycles. The lowest BCUT2D eigenvalue weighted by atomic mass is 9.73. The van der Waals surface area contributed by atoms with E-state index in [2.05, 4.69) is 198 Å². The Morgan fingerprint density at radius 1 is 0.296 bits per heavy atom. The van der Waals surface area contributed by atoms with Gasteiger partial charge < -0.3 is 0 Å². The van der Waals surface area contributed by atoms with Crippen molar-refractivity contribution >= 4 is 32.3 Å². The molecule has 256 valence electrons. The molecule has 54 heavy (non-hydrogen) atoms. The van der Waals surface area contributed by atoms with Gasteiger partial charge in [0.15, 0.2) is 0 Å². The topological polar surface area (TPSA) is 0 Å². The molecule has 0 amide bonds. The fourth-order valence-corrected chi connectivity index (χ4v) is 10.3. The summed E-state index contributed by atoms with van der Waals surface area (Å²) in [6.45, 7) is 9.72. The summed E-state index contributed by atoms with van der Waals surface area (Å²) in [5.74, 6) is 0. The number of hydrogen-bond donors (Lipinski definition) is 0. The van der Waals surface area contributed by atoms with Gasteiger partial charge >= 0.3 is 0 Å². The molecule has 0 unspecified atom stereocenters. The van der Waals surface area contributed by atoms with Crippen LogP contribution in [0.1, 0.15) is 49.9 Å². The zero-order valence-corrected chi connectivity index (χ0v) is 31.2. The number of fused-ring (bicyclic) bond motifs is 9. The molecule has 0 spiro atoms. The van der Waals surface area contributed by atoms with Crippen LogP contribution in [-0.4, -0.2) is 0 Å². The molecule has 0 aromatic heterocycles. The van der Waals surface area contributed by atoms with E-state index in [1.165, 1.54) is 110 Å². The first-order valence-corrected chi connectivity index (χ1v) is 19.3. The zero-order valence-electron chi connectivity index (χ0n) is 31.2. The Labute approximate surface area is 317 Å². The summed E-state index contributed by atoms with van der Waals surface area (Å²) in [7, 11) is 0. The highest BCUT2D eigenvalue weighted by Crippen LogP contribution is 2.62. The molecule has 0 heterocycles. The second kappa shape index (κ2) is 11.1. The third-order valence-electron chi connectivity index (χ3n) is 12.8. The maximum Gasteiger partial charge on any atom is 0.0165 e. The minimum absolute atomic E-state index is 0.133. The molecule has 0 heteroatoms. The van der Waals surface area contributed by atoms with E-state index in [0.717, 1.165) is 0 Å². The largest absolute Gasteiger partial charge is 0.0619 e. The van der Waals surface area contributed by atoms with Crippen LogP contribution in [0.25, 0.3) is 88.0 Å². The fourth-order valence-electron chi connectivity index (χ4n) is 10.3. The molecule has 0 nitrogen and oxygen atoms in total. The highest BCUT2D eigenvalue weighted by atomic mass is 14.5. The van der Waals surface area contributed by atoms with Crippen molar-refractivity contribution in [3.63, 3.8) is 0 Å². The molecule has 0 saturated carbocycles. The normalized spacial score (nSPS) is 14.6. The minimum Gasteiger partial charge on any atom is -0.0619 e. The standard InChI is InChI=1S/C54H40/c1-53(2)46-27-14-12-25-43(46)50-47(53)32-44-38-20-11-13-26-45(38)54(3,4)52(44)51(50)49-41-23-9-7-21-39(41)48(40-22-8-10-24-42(40)49)37-19-15-18-35(31-37)36-29-28-33-16-5-6-17-34(33)30-36/h5-32H,1-4H3. The molecule has 0 bridgehead atoms. The summed E-state index contributed by atoms with van der Waals surface area (Å²) in [6, 6.07) is 63.8. The van der Waals surface area contributed by atoms with Crippen LogP contribution in [0.3, 0.4) is 0 Å². The van der Waals surface area contributed by atoms with Crippen LogP contribution in [0.4, 0.5) is 0 Å². The fraction of sp³-hybridized carbons (Fsp3) is 0.111. The van der Waals surface area contributed by atoms with Gasteiger partial charge in [0.05, 0.1) is 0 Å². The quantitative estimate of drug-likeness (QED) is 0.162. The summed E-state index contributed by atoms with van der Waals surface area (Å²) in [6.07, 6.45) is 0.